The van der Waals surface area contributed by atoms with Crippen LogP contribution < -0.4 is 9.92 Å². The second-order valence-corrected chi connectivity index (χ2v) is 9.30. The van der Waals surface area contributed by atoms with Crippen molar-refractivity contribution in [1.82, 2.24) is 0 Å². The molecule has 0 N–H and O–H groups in total. The second-order valence-electron chi connectivity index (χ2n) is 4.22. The van der Waals surface area contributed by atoms with E-state index in [1.165, 1.54) is 19.2 Å². The van der Waals surface area contributed by atoms with Crippen molar-refractivity contribution in [1.29, 1.82) is 0 Å². The lowest BCUT2D eigenvalue weighted by molar-refractivity contribution is 0.360. The fraction of sp³-hybridized carbons (Fsp3) is 0.400. The van der Waals surface area contributed by atoms with Crippen molar-refractivity contribution in [2.75, 3.05) is 7.11 Å². The van der Waals surface area contributed by atoms with Gasteiger partial charge in [0.1, 0.15) is 0 Å². The average molecular weight is 216 g/mol. The molecule has 0 radical (unpaired) electrons. The maximum Gasteiger partial charge on any atom is 0.190 e. The minimum atomic E-state index is -1.67. The Balaban J connectivity index is 3.28. The number of hydrogen-bond donors (Lipinski definition) is 0. The zero-order valence-electron chi connectivity index (χ0n) is 8.82. The number of ether oxygens (including phenoxy) is 1. The van der Waals surface area contributed by atoms with Crippen LogP contribution in [0.25, 0.3) is 0 Å². The molecule has 0 heterocycles. The summed E-state index contributed by atoms with van der Waals surface area (Å²) in [5, 5.41) is 0.758. The minimum absolute atomic E-state index is 0.299. The highest BCUT2D eigenvalue weighted by molar-refractivity contribution is 6.88. The lowest BCUT2D eigenvalue weighted by atomic mass is 10.3. The van der Waals surface area contributed by atoms with E-state index >= 15 is 0 Å². The lowest BCUT2D eigenvalue weighted by Crippen LogP contribution is -2.38. The highest BCUT2D eigenvalue weighted by atomic mass is 28.3. The molecule has 4 heteroatoms. The third-order valence-corrected chi connectivity index (χ3v) is 4.09. The third kappa shape index (κ3) is 2.12. The largest absolute Gasteiger partial charge is 0.491 e. The van der Waals surface area contributed by atoms with Gasteiger partial charge in [-0.2, -0.15) is 0 Å². The third-order valence-electron chi connectivity index (χ3n) is 2.07. The molecule has 0 aliphatic rings. The number of benzene rings is 1. The molecule has 1 rings (SSSR count). The predicted octanol–water partition coefficient (Wildman–Crippen LogP) is 2.52. The van der Waals surface area contributed by atoms with E-state index in [1.807, 2.05) is 19.6 Å². The fourth-order valence-corrected chi connectivity index (χ4v) is 2.31. The van der Waals surface area contributed by atoms with Crippen molar-refractivity contribution in [3.05, 3.63) is 23.8 Å². The second kappa shape index (κ2) is 3.69. The summed E-state index contributed by atoms with van der Waals surface area (Å²) in [6.45, 7) is 6.11. The van der Waals surface area contributed by atoms with Gasteiger partial charge in [0.2, 0.25) is 0 Å². The van der Waals surface area contributed by atoms with E-state index in [9.17, 15) is 8.78 Å². The van der Waals surface area contributed by atoms with Crippen LogP contribution in [-0.2, 0) is 0 Å². The number of methoxy groups -OCH3 is 1. The van der Waals surface area contributed by atoms with Crippen LogP contribution in [0.4, 0.5) is 8.78 Å². The molecule has 0 aliphatic heterocycles. The van der Waals surface area contributed by atoms with Crippen molar-refractivity contribution >= 4 is 13.3 Å². The number of rotatable bonds is 2. The summed E-state index contributed by atoms with van der Waals surface area (Å²) in [6.07, 6.45) is 0. The monoisotopic (exact) mass is 216 g/mol. The molecule has 0 aromatic heterocycles. The van der Waals surface area contributed by atoms with Crippen LogP contribution in [0.1, 0.15) is 0 Å². The zero-order valence-corrected chi connectivity index (χ0v) is 9.82. The molecule has 0 amide bonds. The molecule has 0 bridgehead atoms. The van der Waals surface area contributed by atoms with Crippen LogP contribution in [0, 0.1) is 11.6 Å². The Hall–Kier alpha value is -0.903. The van der Waals surface area contributed by atoms with Crippen LogP contribution in [-0.4, -0.2) is 15.2 Å². The Kier molecular flexibility index (Phi) is 2.94. The molecule has 14 heavy (non-hydrogen) atoms. The van der Waals surface area contributed by atoms with E-state index in [2.05, 4.69) is 4.74 Å². The van der Waals surface area contributed by atoms with Gasteiger partial charge in [-0.25, -0.2) is 8.78 Å². The van der Waals surface area contributed by atoms with Crippen molar-refractivity contribution in [3.8, 4) is 5.75 Å². The molecule has 0 aliphatic carbocycles. The van der Waals surface area contributed by atoms with Gasteiger partial charge in [-0.3, -0.25) is 0 Å². The van der Waals surface area contributed by atoms with E-state index in [0.717, 1.165) is 5.19 Å². The molecule has 78 valence electrons. The number of hydrogen-bond acceptors (Lipinski definition) is 1. The van der Waals surface area contributed by atoms with Crippen molar-refractivity contribution in [3.63, 3.8) is 0 Å². The molecular formula is C10H14F2OSi. The molecule has 1 nitrogen and oxygen atoms in total. The molecule has 0 spiro atoms. The predicted molar refractivity (Wildman–Crippen MR) is 55.9 cm³/mol. The van der Waals surface area contributed by atoms with E-state index < -0.39 is 19.7 Å². The Morgan fingerprint density at radius 3 is 1.79 bits per heavy atom. The van der Waals surface area contributed by atoms with Gasteiger partial charge in [-0.1, -0.05) is 24.8 Å². The molecular weight excluding hydrogens is 202 g/mol. The Morgan fingerprint density at radius 1 is 1.07 bits per heavy atom. The van der Waals surface area contributed by atoms with Gasteiger partial charge in [0.15, 0.2) is 17.4 Å². The first-order chi connectivity index (χ1) is 6.36. The molecule has 0 saturated carbocycles. The molecule has 0 fully saturated rings. The summed E-state index contributed by atoms with van der Waals surface area (Å²) in [7, 11) is -0.408. The Bertz CT molecular complexity index is 321. The van der Waals surface area contributed by atoms with Gasteiger partial charge in [0.05, 0.1) is 15.2 Å². The molecule has 0 saturated heterocycles. The topological polar surface area (TPSA) is 9.23 Å². The fourth-order valence-electron chi connectivity index (χ4n) is 1.19. The van der Waals surface area contributed by atoms with Crippen LogP contribution in [0.3, 0.4) is 0 Å². The first-order valence-corrected chi connectivity index (χ1v) is 7.90. The van der Waals surface area contributed by atoms with Gasteiger partial charge >= 0.3 is 0 Å². The summed E-state index contributed by atoms with van der Waals surface area (Å²) < 4.78 is 31.2. The first-order valence-electron chi connectivity index (χ1n) is 4.40. The summed E-state index contributed by atoms with van der Waals surface area (Å²) in [4.78, 5) is 0. The summed E-state index contributed by atoms with van der Waals surface area (Å²) in [6, 6.07) is 2.74. The van der Waals surface area contributed by atoms with Crippen molar-refractivity contribution in [2.24, 2.45) is 0 Å². The van der Waals surface area contributed by atoms with E-state index in [-0.39, 0.29) is 5.75 Å². The molecule has 0 atom stereocenters. The SMILES string of the molecule is COc1c(F)cc([Si](C)(C)C)cc1F. The van der Waals surface area contributed by atoms with E-state index in [0.29, 0.717) is 0 Å². The Morgan fingerprint density at radius 2 is 1.50 bits per heavy atom. The van der Waals surface area contributed by atoms with Gasteiger partial charge in [0, 0.05) is 0 Å². The van der Waals surface area contributed by atoms with Crippen molar-refractivity contribution in [2.45, 2.75) is 19.6 Å². The maximum absolute atomic E-state index is 13.3. The normalized spacial score (nSPS) is 11.6. The summed E-state index contributed by atoms with van der Waals surface area (Å²) in [5.41, 5.74) is 0. The van der Waals surface area contributed by atoms with Crippen LogP contribution in [0.5, 0.6) is 5.75 Å². The van der Waals surface area contributed by atoms with Gasteiger partial charge in [0.25, 0.3) is 0 Å². The van der Waals surface area contributed by atoms with E-state index in [1.54, 1.807) is 0 Å². The first kappa shape index (κ1) is 11.2. The summed E-state index contributed by atoms with van der Waals surface area (Å²) >= 11 is 0. The van der Waals surface area contributed by atoms with Crippen molar-refractivity contribution < 1.29 is 13.5 Å². The van der Waals surface area contributed by atoms with E-state index in [4.69, 9.17) is 0 Å². The highest BCUT2D eigenvalue weighted by Crippen LogP contribution is 2.20. The smallest absolute Gasteiger partial charge is 0.190 e. The molecule has 0 unspecified atom stereocenters. The zero-order chi connectivity index (χ0) is 10.9. The summed E-state index contributed by atoms with van der Waals surface area (Å²) in [5.74, 6) is -1.54. The average Bonchev–Trinajstić information content (AvgIpc) is 2.01. The molecule has 1 aromatic rings. The lowest BCUT2D eigenvalue weighted by Gasteiger charge is -2.17. The van der Waals surface area contributed by atoms with Crippen LogP contribution >= 0.6 is 0 Å². The highest BCUT2D eigenvalue weighted by Gasteiger charge is 2.21. The Labute approximate surface area is 83.7 Å². The van der Waals surface area contributed by atoms with Gasteiger partial charge < -0.3 is 4.74 Å². The minimum Gasteiger partial charge on any atom is -0.491 e. The standard InChI is InChI=1S/C10H14F2OSi/c1-13-10-8(11)5-7(6-9(10)12)14(2,3)4/h5-6H,1-4H3. The van der Waals surface area contributed by atoms with Crippen LogP contribution in [0.2, 0.25) is 19.6 Å². The van der Waals surface area contributed by atoms with Gasteiger partial charge in [-0.05, 0) is 12.1 Å². The molecule has 1 aromatic carbocycles. The van der Waals surface area contributed by atoms with Gasteiger partial charge in [-0.15, -0.1) is 0 Å². The number of halogens is 2. The quantitative estimate of drug-likeness (QED) is 0.690. The van der Waals surface area contributed by atoms with Crippen LogP contribution in [0.15, 0.2) is 12.1 Å². The maximum atomic E-state index is 13.3.